The Hall–Kier alpha value is -0.0100. The van der Waals surface area contributed by atoms with Crippen molar-refractivity contribution in [1.82, 2.24) is 0 Å². The number of hydrogen-bond acceptors (Lipinski definition) is 0. The molecule has 0 N–H and O–H groups in total. The molecular weight excluding hydrogens is 187 g/mol. The predicted octanol–water partition coefficient (Wildman–Crippen LogP) is 2.70. The lowest BCUT2D eigenvalue weighted by atomic mass is 10.4. The highest BCUT2D eigenvalue weighted by Gasteiger charge is 1.89. The van der Waals surface area contributed by atoms with Crippen LogP contribution in [0.1, 0.15) is 0 Å². The molecule has 0 fully saturated rings. The molecule has 0 aliphatic rings. The molecule has 0 saturated carbocycles. The zero-order chi connectivity index (χ0) is 5.98. The number of hydrogen-bond donors (Lipinski definition) is 0. The molecule has 0 amide bonds. The standard InChI is InChI=1S/C6H2BrCl/c7-5-3-1-2-4-6(5)8/h1,3H. The maximum Gasteiger partial charge on any atom is 0.0633 e. The molecule has 1 rings (SSSR count). The summed E-state index contributed by atoms with van der Waals surface area (Å²) in [6, 6.07) is 8.97. The molecule has 2 heteroatoms. The predicted molar refractivity (Wildman–Crippen MR) is 36.8 cm³/mol. The number of halogens is 2. The van der Waals surface area contributed by atoms with Gasteiger partial charge in [0.05, 0.1) is 5.02 Å². The Bertz CT molecular complexity index is 165. The van der Waals surface area contributed by atoms with Crippen molar-refractivity contribution in [3.8, 4) is 0 Å². The maximum absolute atomic E-state index is 5.57. The van der Waals surface area contributed by atoms with E-state index in [1.807, 2.05) is 6.07 Å². The zero-order valence-corrected chi connectivity index (χ0v) is 6.25. The van der Waals surface area contributed by atoms with Gasteiger partial charge < -0.3 is 0 Å². The SMILES string of the molecule is Clc1[c][c]ccc1Br. The summed E-state index contributed by atoms with van der Waals surface area (Å²) >= 11 is 8.79. The summed E-state index contributed by atoms with van der Waals surface area (Å²) < 4.78 is 0.859. The van der Waals surface area contributed by atoms with Crippen molar-refractivity contribution in [3.05, 3.63) is 33.8 Å². The lowest BCUT2D eigenvalue weighted by Crippen LogP contribution is -1.64. The third-order valence-corrected chi connectivity index (χ3v) is 1.89. The first-order valence-corrected chi connectivity index (χ1v) is 3.21. The smallest absolute Gasteiger partial charge is 0.0633 e. The Morgan fingerprint density at radius 3 is 2.75 bits per heavy atom. The van der Waals surface area contributed by atoms with Gasteiger partial charge in [0.1, 0.15) is 0 Å². The van der Waals surface area contributed by atoms with Gasteiger partial charge in [0, 0.05) is 10.5 Å². The Morgan fingerprint density at radius 1 is 1.62 bits per heavy atom. The van der Waals surface area contributed by atoms with Crippen molar-refractivity contribution >= 4 is 27.5 Å². The van der Waals surface area contributed by atoms with E-state index in [9.17, 15) is 0 Å². The summed E-state index contributed by atoms with van der Waals surface area (Å²) in [6.45, 7) is 0. The third-order valence-electron chi connectivity index (χ3n) is 0.705. The average molecular weight is 189 g/mol. The van der Waals surface area contributed by atoms with Crippen molar-refractivity contribution in [2.24, 2.45) is 0 Å². The summed E-state index contributed by atoms with van der Waals surface area (Å²) in [6.07, 6.45) is 0. The highest BCUT2D eigenvalue weighted by atomic mass is 79.9. The minimum absolute atomic E-state index is 0.576. The van der Waals surface area contributed by atoms with Crippen LogP contribution < -0.4 is 0 Å². The zero-order valence-electron chi connectivity index (χ0n) is 3.91. The van der Waals surface area contributed by atoms with Gasteiger partial charge in [-0.05, 0) is 28.1 Å². The molecule has 1 aromatic carbocycles. The van der Waals surface area contributed by atoms with E-state index in [0.717, 1.165) is 4.47 Å². The first kappa shape index (κ1) is 6.12. The molecule has 8 heavy (non-hydrogen) atoms. The minimum atomic E-state index is 0.576. The molecule has 0 aromatic heterocycles. The molecule has 0 aliphatic heterocycles. The summed E-state index contributed by atoms with van der Waals surface area (Å²) in [5, 5.41) is 0.576. The van der Waals surface area contributed by atoms with Crippen LogP contribution in [0.4, 0.5) is 0 Å². The summed E-state index contributed by atoms with van der Waals surface area (Å²) in [4.78, 5) is 0. The molecular formula is C6H2BrCl. The Labute approximate surface area is 61.6 Å². The van der Waals surface area contributed by atoms with Crippen molar-refractivity contribution < 1.29 is 0 Å². The lowest BCUT2D eigenvalue weighted by Gasteiger charge is -1.87. The quantitative estimate of drug-likeness (QED) is 0.589. The van der Waals surface area contributed by atoms with Gasteiger partial charge in [0.25, 0.3) is 0 Å². The number of benzene rings is 1. The fourth-order valence-corrected chi connectivity index (χ4v) is 0.702. The van der Waals surface area contributed by atoms with E-state index in [2.05, 4.69) is 28.1 Å². The molecule has 0 bridgehead atoms. The van der Waals surface area contributed by atoms with Gasteiger partial charge in [0.15, 0.2) is 0 Å². The van der Waals surface area contributed by atoms with Crippen molar-refractivity contribution in [3.63, 3.8) is 0 Å². The molecule has 1 aromatic rings. The van der Waals surface area contributed by atoms with E-state index in [-0.39, 0.29) is 0 Å². The van der Waals surface area contributed by atoms with E-state index in [1.165, 1.54) is 0 Å². The second-order valence-corrected chi connectivity index (χ2v) is 2.50. The van der Waals surface area contributed by atoms with Gasteiger partial charge >= 0.3 is 0 Å². The number of rotatable bonds is 0. The van der Waals surface area contributed by atoms with E-state index >= 15 is 0 Å². The molecule has 0 unspecified atom stereocenters. The molecule has 0 aliphatic carbocycles. The summed E-state index contributed by atoms with van der Waals surface area (Å²) in [5.41, 5.74) is 0. The van der Waals surface area contributed by atoms with Crippen molar-refractivity contribution in [1.29, 1.82) is 0 Å². The topological polar surface area (TPSA) is 0 Å². The van der Waals surface area contributed by atoms with E-state index in [4.69, 9.17) is 11.6 Å². The van der Waals surface area contributed by atoms with Gasteiger partial charge in [-0.25, -0.2) is 0 Å². The largest absolute Gasteiger partial charge is 0.0824 e. The molecule has 0 atom stereocenters. The van der Waals surface area contributed by atoms with Gasteiger partial charge in [-0.15, -0.1) is 0 Å². The monoisotopic (exact) mass is 188 g/mol. The van der Waals surface area contributed by atoms with Crippen LogP contribution in [0.2, 0.25) is 5.02 Å². The first-order chi connectivity index (χ1) is 3.80. The Kier molecular flexibility index (Phi) is 1.92. The summed E-state index contributed by atoms with van der Waals surface area (Å²) in [7, 11) is 0. The minimum Gasteiger partial charge on any atom is -0.0824 e. The van der Waals surface area contributed by atoms with Crippen LogP contribution in [0, 0.1) is 12.1 Å². The second-order valence-electron chi connectivity index (χ2n) is 1.26. The fraction of sp³-hybridized carbons (Fsp3) is 0. The van der Waals surface area contributed by atoms with Crippen LogP contribution >= 0.6 is 27.5 Å². The van der Waals surface area contributed by atoms with E-state index < -0.39 is 0 Å². The lowest BCUT2D eigenvalue weighted by molar-refractivity contribution is 1.62. The normalized spacial score (nSPS) is 9.25. The molecule has 0 heterocycles. The maximum atomic E-state index is 5.57. The van der Waals surface area contributed by atoms with Crippen LogP contribution in [0.15, 0.2) is 16.6 Å². The van der Waals surface area contributed by atoms with Crippen molar-refractivity contribution in [2.45, 2.75) is 0 Å². The first-order valence-electron chi connectivity index (χ1n) is 2.04. The molecule has 2 radical (unpaired) electrons. The third kappa shape index (κ3) is 1.23. The van der Waals surface area contributed by atoms with E-state index in [1.54, 1.807) is 6.07 Å². The highest BCUT2D eigenvalue weighted by molar-refractivity contribution is 9.10. The van der Waals surface area contributed by atoms with Crippen LogP contribution in [-0.2, 0) is 0 Å². The molecule has 0 saturated heterocycles. The van der Waals surface area contributed by atoms with Gasteiger partial charge in [-0.2, -0.15) is 0 Å². The second kappa shape index (κ2) is 2.51. The Morgan fingerprint density at radius 2 is 2.38 bits per heavy atom. The van der Waals surface area contributed by atoms with Crippen LogP contribution in [0.5, 0.6) is 0 Å². The fourth-order valence-electron chi connectivity index (χ4n) is 0.353. The molecule has 40 valence electrons. The van der Waals surface area contributed by atoms with Crippen LogP contribution in [0.25, 0.3) is 0 Å². The van der Waals surface area contributed by atoms with Crippen molar-refractivity contribution in [2.75, 3.05) is 0 Å². The Balaban J connectivity index is 3.13. The van der Waals surface area contributed by atoms with Gasteiger partial charge in [-0.1, -0.05) is 17.7 Å². The van der Waals surface area contributed by atoms with Crippen LogP contribution in [-0.4, -0.2) is 0 Å². The highest BCUT2D eigenvalue weighted by Crippen LogP contribution is 2.19. The van der Waals surface area contributed by atoms with E-state index in [0.29, 0.717) is 5.02 Å². The van der Waals surface area contributed by atoms with Crippen LogP contribution in [0.3, 0.4) is 0 Å². The molecule has 0 spiro atoms. The average Bonchev–Trinajstić information content (AvgIpc) is 1.77. The molecule has 0 nitrogen and oxygen atoms in total. The van der Waals surface area contributed by atoms with Gasteiger partial charge in [0.2, 0.25) is 0 Å². The summed E-state index contributed by atoms with van der Waals surface area (Å²) in [5.74, 6) is 0. The van der Waals surface area contributed by atoms with Gasteiger partial charge in [-0.3, -0.25) is 0 Å².